The molecule has 2 heterocycles. The van der Waals surface area contributed by atoms with Gasteiger partial charge in [-0.05, 0) is 37.3 Å². The molecule has 1 fully saturated rings. The molecule has 3 nitrogen and oxygen atoms in total. The predicted octanol–water partition coefficient (Wildman–Crippen LogP) is 3.35. The summed E-state index contributed by atoms with van der Waals surface area (Å²) in [5.41, 5.74) is 1.36. The van der Waals surface area contributed by atoms with E-state index in [-0.39, 0.29) is 5.82 Å². The summed E-state index contributed by atoms with van der Waals surface area (Å²) in [5.74, 6) is 0.696. The Bertz CT molecular complexity index is 445. The standard InChI is InChI=1S/C16H26FN3/c1-4-18-11-13-10-14(17)12-19-15(13)20-8-5-6-16(2,3)7-9-20/h10,12,18H,4-9,11H2,1-3H3. The minimum absolute atomic E-state index is 0.253. The Balaban J connectivity index is 2.18. The van der Waals surface area contributed by atoms with Gasteiger partial charge in [-0.2, -0.15) is 0 Å². The lowest BCUT2D eigenvalue weighted by atomic mass is 9.85. The summed E-state index contributed by atoms with van der Waals surface area (Å²) < 4.78 is 13.4. The summed E-state index contributed by atoms with van der Waals surface area (Å²) in [6.07, 6.45) is 4.91. The number of aromatic nitrogens is 1. The van der Waals surface area contributed by atoms with Crippen LogP contribution in [0.5, 0.6) is 0 Å². The summed E-state index contributed by atoms with van der Waals surface area (Å²) in [6.45, 7) is 10.3. The van der Waals surface area contributed by atoms with Crippen LogP contribution in [0, 0.1) is 11.2 Å². The van der Waals surface area contributed by atoms with E-state index >= 15 is 0 Å². The Morgan fingerprint density at radius 3 is 2.90 bits per heavy atom. The summed E-state index contributed by atoms with van der Waals surface area (Å²) >= 11 is 0. The number of nitrogens with one attached hydrogen (secondary N) is 1. The largest absolute Gasteiger partial charge is 0.356 e. The molecular formula is C16H26FN3. The second-order valence-corrected chi connectivity index (χ2v) is 6.42. The SMILES string of the molecule is CCNCc1cc(F)cnc1N1CCCC(C)(C)CC1. The fourth-order valence-electron chi connectivity index (χ4n) is 2.78. The molecule has 4 heteroatoms. The van der Waals surface area contributed by atoms with Crippen molar-refractivity contribution in [3.63, 3.8) is 0 Å². The van der Waals surface area contributed by atoms with Crippen LogP contribution in [0.1, 0.15) is 45.6 Å². The van der Waals surface area contributed by atoms with Crippen molar-refractivity contribution in [3.05, 3.63) is 23.6 Å². The van der Waals surface area contributed by atoms with E-state index in [0.29, 0.717) is 12.0 Å². The molecule has 20 heavy (non-hydrogen) atoms. The quantitative estimate of drug-likeness (QED) is 0.916. The van der Waals surface area contributed by atoms with E-state index in [9.17, 15) is 4.39 Å². The first-order valence-electron chi connectivity index (χ1n) is 7.62. The molecule has 2 rings (SSSR count). The van der Waals surface area contributed by atoms with E-state index in [4.69, 9.17) is 0 Å². The van der Waals surface area contributed by atoms with E-state index in [2.05, 4.69) is 36.0 Å². The van der Waals surface area contributed by atoms with Crippen LogP contribution < -0.4 is 10.2 Å². The van der Waals surface area contributed by atoms with Gasteiger partial charge in [0, 0.05) is 25.2 Å². The molecule has 0 bridgehead atoms. The van der Waals surface area contributed by atoms with Gasteiger partial charge < -0.3 is 10.2 Å². The zero-order valence-corrected chi connectivity index (χ0v) is 12.9. The van der Waals surface area contributed by atoms with Gasteiger partial charge >= 0.3 is 0 Å². The molecular weight excluding hydrogens is 253 g/mol. The van der Waals surface area contributed by atoms with Crippen LogP contribution in [0.25, 0.3) is 0 Å². The lowest BCUT2D eigenvalue weighted by molar-refractivity contribution is 0.325. The monoisotopic (exact) mass is 279 g/mol. The molecule has 0 saturated carbocycles. The summed E-state index contributed by atoms with van der Waals surface area (Å²) in [4.78, 5) is 6.68. The second-order valence-electron chi connectivity index (χ2n) is 6.42. The Morgan fingerprint density at radius 2 is 2.15 bits per heavy atom. The third kappa shape index (κ3) is 3.92. The zero-order valence-electron chi connectivity index (χ0n) is 12.9. The fraction of sp³-hybridized carbons (Fsp3) is 0.688. The normalized spacial score (nSPS) is 18.9. The molecule has 1 aromatic heterocycles. The van der Waals surface area contributed by atoms with Crippen molar-refractivity contribution in [3.8, 4) is 0 Å². The summed E-state index contributed by atoms with van der Waals surface area (Å²) in [6, 6.07) is 1.61. The molecule has 1 aliphatic rings. The summed E-state index contributed by atoms with van der Waals surface area (Å²) in [5, 5.41) is 3.27. The van der Waals surface area contributed by atoms with Crippen LogP contribution in [0.15, 0.2) is 12.3 Å². The third-order valence-electron chi connectivity index (χ3n) is 4.11. The number of anilines is 1. The maximum absolute atomic E-state index is 13.4. The molecule has 0 atom stereocenters. The molecule has 0 spiro atoms. The van der Waals surface area contributed by atoms with Gasteiger partial charge in [-0.15, -0.1) is 0 Å². The average Bonchev–Trinajstić information content (AvgIpc) is 2.58. The van der Waals surface area contributed by atoms with Crippen LogP contribution in [-0.2, 0) is 6.54 Å². The highest BCUT2D eigenvalue weighted by Crippen LogP contribution is 2.32. The number of halogens is 1. The van der Waals surface area contributed by atoms with E-state index in [1.165, 1.54) is 19.0 Å². The molecule has 0 amide bonds. The fourth-order valence-corrected chi connectivity index (χ4v) is 2.78. The van der Waals surface area contributed by atoms with E-state index in [1.807, 2.05) is 0 Å². The minimum Gasteiger partial charge on any atom is -0.356 e. The van der Waals surface area contributed by atoms with Gasteiger partial charge in [0.25, 0.3) is 0 Å². The molecule has 0 radical (unpaired) electrons. The average molecular weight is 279 g/mol. The summed E-state index contributed by atoms with van der Waals surface area (Å²) in [7, 11) is 0. The molecule has 0 unspecified atom stereocenters. The molecule has 1 N–H and O–H groups in total. The third-order valence-corrected chi connectivity index (χ3v) is 4.11. The van der Waals surface area contributed by atoms with Gasteiger partial charge in [0.05, 0.1) is 6.20 Å². The highest BCUT2D eigenvalue weighted by Gasteiger charge is 2.24. The predicted molar refractivity (Wildman–Crippen MR) is 81.4 cm³/mol. The van der Waals surface area contributed by atoms with Gasteiger partial charge in [-0.25, -0.2) is 9.37 Å². The Kier molecular flexibility index (Phi) is 4.97. The first-order valence-corrected chi connectivity index (χ1v) is 7.62. The number of hydrogen-bond donors (Lipinski definition) is 1. The highest BCUT2D eigenvalue weighted by molar-refractivity contribution is 5.47. The van der Waals surface area contributed by atoms with Crippen LogP contribution >= 0.6 is 0 Å². The Morgan fingerprint density at radius 1 is 1.35 bits per heavy atom. The van der Waals surface area contributed by atoms with Crippen LogP contribution in [0.2, 0.25) is 0 Å². The van der Waals surface area contributed by atoms with Crippen molar-refractivity contribution in [1.29, 1.82) is 0 Å². The molecule has 0 aromatic carbocycles. The molecule has 1 saturated heterocycles. The van der Waals surface area contributed by atoms with Gasteiger partial charge in [0.1, 0.15) is 11.6 Å². The van der Waals surface area contributed by atoms with Gasteiger partial charge in [0.15, 0.2) is 0 Å². The van der Waals surface area contributed by atoms with Crippen LogP contribution in [0.3, 0.4) is 0 Å². The minimum atomic E-state index is -0.253. The van der Waals surface area contributed by atoms with Crippen molar-refractivity contribution in [2.45, 2.75) is 46.6 Å². The number of hydrogen-bond acceptors (Lipinski definition) is 3. The van der Waals surface area contributed by atoms with E-state index in [1.54, 1.807) is 6.07 Å². The molecule has 1 aromatic rings. The molecule has 1 aliphatic heterocycles. The number of pyridine rings is 1. The lowest BCUT2D eigenvalue weighted by Gasteiger charge is -2.26. The lowest BCUT2D eigenvalue weighted by Crippen LogP contribution is -2.28. The Hall–Kier alpha value is -1.16. The zero-order chi connectivity index (χ0) is 14.6. The van der Waals surface area contributed by atoms with Gasteiger partial charge in [-0.1, -0.05) is 20.8 Å². The van der Waals surface area contributed by atoms with Gasteiger partial charge in [-0.3, -0.25) is 0 Å². The van der Waals surface area contributed by atoms with Crippen LogP contribution in [-0.4, -0.2) is 24.6 Å². The molecule has 0 aliphatic carbocycles. The van der Waals surface area contributed by atoms with E-state index < -0.39 is 0 Å². The first-order chi connectivity index (χ1) is 9.52. The van der Waals surface area contributed by atoms with Crippen molar-refractivity contribution in [2.24, 2.45) is 5.41 Å². The number of nitrogens with zero attached hydrogens (tertiary/aromatic N) is 2. The van der Waals surface area contributed by atoms with E-state index in [0.717, 1.165) is 37.4 Å². The maximum atomic E-state index is 13.4. The number of rotatable bonds is 4. The first kappa shape index (κ1) is 15.2. The maximum Gasteiger partial charge on any atom is 0.141 e. The van der Waals surface area contributed by atoms with Gasteiger partial charge in [0.2, 0.25) is 0 Å². The Labute approximate surface area is 121 Å². The van der Waals surface area contributed by atoms with Crippen molar-refractivity contribution in [1.82, 2.24) is 10.3 Å². The smallest absolute Gasteiger partial charge is 0.141 e. The van der Waals surface area contributed by atoms with Crippen molar-refractivity contribution < 1.29 is 4.39 Å². The highest BCUT2D eigenvalue weighted by atomic mass is 19.1. The molecule has 112 valence electrons. The second kappa shape index (κ2) is 6.53. The van der Waals surface area contributed by atoms with Crippen molar-refractivity contribution in [2.75, 3.05) is 24.5 Å². The topological polar surface area (TPSA) is 28.2 Å². The van der Waals surface area contributed by atoms with Crippen LogP contribution in [0.4, 0.5) is 10.2 Å². The van der Waals surface area contributed by atoms with Crippen molar-refractivity contribution >= 4 is 5.82 Å².